The Labute approximate surface area is 126 Å². The lowest BCUT2D eigenvalue weighted by Gasteiger charge is -2.15. The monoisotopic (exact) mass is 282 g/mol. The summed E-state index contributed by atoms with van der Waals surface area (Å²) in [5, 5.41) is 0. The lowest BCUT2D eigenvalue weighted by atomic mass is 9.92. The summed E-state index contributed by atoms with van der Waals surface area (Å²) in [6, 6.07) is 16.3. The molecule has 1 heterocycles. The van der Waals surface area contributed by atoms with Gasteiger partial charge in [-0.1, -0.05) is 31.2 Å². The van der Waals surface area contributed by atoms with Crippen molar-refractivity contribution in [2.24, 2.45) is 0 Å². The largest absolute Gasteiger partial charge is 0.457 e. The summed E-state index contributed by atoms with van der Waals surface area (Å²) in [5.74, 6) is 2.29. The Hall–Kier alpha value is -1.80. The second-order valence-electron chi connectivity index (χ2n) is 5.95. The molecule has 3 atom stereocenters. The number of rotatable bonds is 5. The van der Waals surface area contributed by atoms with E-state index < -0.39 is 0 Å². The fourth-order valence-electron chi connectivity index (χ4n) is 2.84. The van der Waals surface area contributed by atoms with Gasteiger partial charge < -0.3 is 9.47 Å². The average molecular weight is 282 g/mol. The van der Waals surface area contributed by atoms with Crippen LogP contribution in [0, 0.1) is 6.92 Å². The van der Waals surface area contributed by atoms with E-state index in [0.29, 0.717) is 18.1 Å². The van der Waals surface area contributed by atoms with Gasteiger partial charge in [-0.05, 0) is 61.6 Å². The minimum absolute atomic E-state index is 0.438. The summed E-state index contributed by atoms with van der Waals surface area (Å²) >= 11 is 0. The number of ether oxygens (including phenoxy) is 2. The molecule has 2 aromatic rings. The number of hydrogen-bond donors (Lipinski definition) is 0. The molecule has 2 nitrogen and oxygen atoms in total. The van der Waals surface area contributed by atoms with Gasteiger partial charge in [0.15, 0.2) is 0 Å². The molecule has 0 saturated carbocycles. The zero-order chi connectivity index (χ0) is 14.8. The lowest BCUT2D eigenvalue weighted by molar-refractivity contribution is 0.362. The molecule has 0 bridgehead atoms. The van der Waals surface area contributed by atoms with Crippen LogP contribution in [0.4, 0.5) is 0 Å². The van der Waals surface area contributed by atoms with E-state index in [4.69, 9.17) is 9.47 Å². The summed E-state index contributed by atoms with van der Waals surface area (Å²) < 4.78 is 11.4. The van der Waals surface area contributed by atoms with Crippen LogP contribution in [0.2, 0.25) is 0 Å². The van der Waals surface area contributed by atoms with E-state index in [-0.39, 0.29) is 0 Å². The fourth-order valence-corrected chi connectivity index (χ4v) is 2.84. The topological polar surface area (TPSA) is 21.8 Å². The van der Waals surface area contributed by atoms with Crippen molar-refractivity contribution in [2.45, 2.75) is 45.3 Å². The Balaban J connectivity index is 1.70. The summed E-state index contributed by atoms with van der Waals surface area (Å²) in [5.41, 5.74) is 2.67. The molecule has 1 aliphatic rings. The van der Waals surface area contributed by atoms with E-state index in [1.165, 1.54) is 11.1 Å². The number of epoxide rings is 1. The molecule has 0 amide bonds. The maximum atomic E-state index is 5.88. The fraction of sp³-hybridized carbons (Fsp3) is 0.368. The molecule has 0 aliphatic carbocycles. The zero-order valence-corrected chi connectivity index (χ0v) is 12.9. The van der Waals surface area contributed by atoms with Crippen molar-refractivity contribution in [1.29, 1.82) is 0 Å². The Kier molecular flexibility index (Phi) is 3.98. The van der Waals surface area contributed by atoms with Crippen molar-refractivity contribution in [1.82, 2.24) is 0 Å². The van der Waals surface area contributed by atoms with Gasteiger partial charge in [-0.3, -0.25) is 0 Å². The number of aryl methyl sites for hydroxylation is 1. The first-order valence-electron chi connectivity index (χ1n) is 7.62. The van der Waals surface area contributed by atoms with Gasteiger partial charge in [-0.2, -0.15) is 0 Å². The van der Waals surface area contributed by atoms with E-state index in [1.807, 2.05) is 30.3 Å². The molecule has 1 saturated heterocycles. The maximum Gasteiger partial charge on any atom is 0.127 e. The first kappa shape index (κ1) is 14.2. The van der Waals surface area contributed by atoms with Gasteiger partial charge in [0.1, 0.15) is 11.5 Å². The van der Waals surface area contributed by atoms with E-state index in [0.717, 1.165) is 17.9 Å². The van der Waals surface area contributed by atoms with Crippen molar-refractivity contribution >= 4 is 0 Å². The Bertz CT molecular complexity index is 606. The molecule has 110 valence electrons. The van der Waals surface area contributed by atoms with Crippen LogP contribution in [0.15, 0.2) is 48.5 Å². The molecule has 2 heteroatoms. The van der Waals surface area contributed by atoms with Crippen molar-refractivity contribution in [3.63, 3.8) is 0 Å². The number of para-hydroxylation sites is 1. The molecule has 1 aliphatic heterocycles. The van der Waals surface area contributed by atoms with Crippen LogP contribution in [0.1, 0.15) is 37.3 Å². The molecule has 0 spiro atoms. The zero-order valence-electron chi connectivity index (χ0n) is 12.9. The van der Waals surface area contributed by atoms with E-state index in [1.54, 1.807) is 0 Å². The summed E-state index contributed by atoms with van der Waals surface area (Å²) in [7, 11) is 0. The highest BCUT2D eigenvalue weighted by Crippen LogP contribution is 2.34. The van der Waals surface area contributed by atoms with E-state index in [2.05, 4.69) is 39.0 Å². The average Bonchev–Trinajstić information content (AvgIpc) is 3.15. The minimum atomic E-state index is 0.438. The normalized spacial score (nSPS) is 21.9. The van der Waals surface area contributed by atoms with Gasteiger partial charge in [-0.15, -0.1) is 0 Å². The van der Waals surface area contributed by atoms with Gasteiger partial charge in [-0.25, -0.2) is 0 Å². The van der Waals surface area contributed by atoms with Gasteiger partial charge in [0, 0.05) is 0 Å². The SMILES string of the molecule is Cc1cc(Oc2ccccc2)ccc1C(C)CC1OC1C. The first-order valence-corrected chi connectivity index (χ1v) is 7.62. The molecular formula is C19H22O2. The smallest absolute Gasteiger partial charge is 0.127 e. The van der Waals surface area contributed by atoms with Gasteiger partial charge in [0.2, 0.25) is 0 Å². The van der Waals surface area contributed by atoms with Crippen molar-refractivity contribution in [2.75, 3.05) is 0 Å². The van der Waals surface area contributed by atoms with Crippen LogP contribution in [0.5, 0.6) is 11.5 Å². The highest BCUT2D eigenvalue weighted by Gasteiger charge is 2.35. The first-order chi connectivity index (χ1) is 10.1. The number of benzene rings is 2. The maximum absolute atomic E-state index is 5.88. The number of hydrogen-bond acceptors (Lipinski definition) is 2. The van der Waals surface area contributed by atoms with E-state index >= 15 is 0 Å². The molecule has 0 N–H and O–H groups in total. The summed E-state index contributed by atoms with van der Waals surface area (Å²) in [6.45, 7) is 6.57. The van der Waals surface area contributed by atoms with Crippen LogP contribution >= 0.6 is 0 Å². The highest BCUT2D eigenvalue weighted by molar-refractivity contribution is 5.39. The third-order valence-corrected chi connectivity index (χ3v) is 4.17. The van der Waals surface area contributed by atoms with Crippen LogP contribution in [-0.2, 0) is 4.74 Å². The molecule has 0 radical (unpaired) electrons. The van der Waals surface area contributed by atoms with Crippen LogP contribution in [0.3, 0.4) is 0 Å². The highest BCUT2D eigenvalue weighted by atomic mass is 16.6. The molecule has 1 fully saturated rings. The quantitative estimate of drug-likeness (QED) is 0.714. The Morgan fingerprint density at radius 2 is 1.81 bits per heavy atom. The minimum Gasteiger partial charge on any atom is -0.457 e. The third-order valence-electron chi connectivity index (χ3n) is 4.17. The second kappa shape index (κ2) is 5.90. The van der Waals surface area contributed by atoms with Crippen LogP contribution < -0.4 is 4.74 Å². The molecular weight excluding hydrogens is 260 g/mol. The van der Waals surface area contributed by atoms with Gasteiger partial charge in [0.25, 0.3) is 0 Å². The molecule has 21 heavy (non-hydrogen) atoms. The molecule has 3 rings (SSSR count). The lowest BCUT2D eigenvalue weighted by Crippen LogP contribution is -2.02. The predicted octanol–water partition coefficient (Wildman–Crippen LogP) is 5.07. The molecule has 2 aromatic carbocycles. The van der Waals surface area contributed by atoms with Gasteiger partial charge in [0.05, 0.1) is 12.2 Å². The molecule has 0 aromatic heterocycles. The van der Waals surface area contributed by atoms with E-state index in [9.17, 15) is 0 Å². The predicted molar refractivity (Wildman–Crippen MR) is 85.1 cm³/mol. The van der Waals surface area contributed by atoms with Crippen molar-refractivity contribution in [3.05, 3.63) is 59.7 Å². The third kappa shape index (κ3) is 3.45. The van der Waals surface area contributed by atoms with Crippen molar-refractivity contribution in [3.8, 4) is 11.5 Å². The van der Waals surface area contributed by atoms with Crippen LogP contribution in [0.25, 0.3) is 0 Å². The second-order valence-corrected chi connectivity index (χ2v) is 5.95. The molecule has 3 unspecified atom stereocenters. The van der Waals surface area contributed by atoms with Gasteiger partial charge >= 0.3 is 0 Å². The Morgan fingerprint density at radius 3 is 2.43 bits per heavy atom. The standard InChI is InChI=1S/C19H22O2/c1-13-11-17(21-16-7-5-4-6-8-16)9-10-18(13)14(2)12-19-15(3)20-19/h4-11,14-15,19H,12H2,1-3H3. The summed E-state index contributed by atoms with van der Waals surface area (Å²) in [4.78, 5) is 0. The Morgan fingerprint density at radius 1 is 1.10 bits per heavy atom. The van der Waals surface area contributed by atoms with Crippen LogP contribution in [-0.4, -0.2) is 12.2 Å². The van der Waals surface area contributed by atoms with Crippen molar-refractivity contribution < 1.29 is 9.47 Å². The summed E-state index contributed by atoms with van der Waals surface area (Å²) in [6.07, 6.45) is 1.98.